The molecule has 0 N–H and O–H groups in total. The Morgan fingerprint density at radius 2 is 2.08 bits per heavy atom. The summed E-state index contributed by atoms with van der Waals surface area (Å²) in [5, 5.41) is 0. The first kappa shape index (κ1) is 9.86. The summed E-state index contributed by atoms with van der Waals surface area (Å²) in [7, 11) is 1.67. The largest absolute Gasteiger partial charge is 0.302 e. The molecule has 0 aliphatic carbocycles. The van der Waals surface area contributed by atoms with Gasteiger partial charge in [0.05, 0.1) is 0 Å². The second-order valence-electron chi connectivity index (χ2n) is 2.70. The molecular formula is C10H11NOS. The molecular weight excluding hydrogens is 182 g/mol. The van der Waals surface area contributed by atoms with E-state index in [0.717, 1.165) is 5.57 Å². The number of likely N-dealkylation sites (N-methyl/N-ethyl adjacent to an activating group) is 1. The smallest absolute Gasteiger partial charge is 0.259 e. The zero-order chi connectivity index (χ0) is 10.0. The van der Waals surface area contributed by atoms with Gasteiger partial charge in [-0.2, -0.15) is 0 Å². The average Bonchev–Trinajstić information content (AvgIpc) is 2.32. The highest BCUT2D eigenvalue weighted by molar-refractivity contribution is 7.80. The Morgan fingerprint density at radius 3 is 2.54 bits per heavy atom. The van der Waals surface area contributed by atoms with Gasteiger partial charge in [0.15, 0.2) is 0 Å². The van der Waals surface area contributed by atoms with Crippen molar-refractivity contribution < 1.29 is 4.79 Å². The SMILES string of the molecule is C=CC1=C(/C=C\C)C(=O)N(C)C1=S. The Kier molecular flexibility index (Phi) is 2.78. The molecule has 0 saturated carbocycles. The van der Waals surface area contributed by atoms with Crippen LogP contribution in [0.5, 0.6) is 0 Å². The Bertz CT molecular complexity index is 339. The molecule has 1 aliphatic rings. The standard InChI is InChI=1S/C10H11NOS/c1-4-6-8-7(5-2)10(13)11(3)9(8)12/h4-6H,2H2,1,3H3/b6-4-. The summed E-state index contributed by atoms with van der Waals surface area (Å²) in [6.07, 6.45) is 5.20. The Labute approximate surface area is 83.2 Å². The monoisotopic (exact) mass is 193 g/mol. The fourth-order valence-corrected chi connectivity index (χ4v) is 1.49. The van der Waals surface area contributed by atoms with Gasteiger partial charge in [0.1, 0.15) is 4.99 Å². The molecule has 0 atom stereocenters. The first-order chi connectivity index (χ1) is 6.13. The van der Waals surface area contributed by atoms with Gasteiger partial charge in [-0.25, -0.2) is 0 Å². The molecule has 0 spiro atoms. The molecule has 0 saturated heterocycles. The average molecular weight is 193 g/mol. The molecule has 0 aromatic carbocycles. The van der Waals surface area contributed by atoms with E-state index in [1.54, 1.807) is 19.2 Å². The van der Waals surface area contributed by atoms with Gasteiger partial charge in [-0.1, -0.05) is 37.0 Å². The molecule has 1 aliphatic heterocycles. The van der Waals surface area contributed by atoms with Crippen molar-refractivity contribution in [1.82, 2.24) is 4.90 Å². The highest BCUT2D eigenvalue weighted by atomic mass is 32.1. The quantitative estimate of drug-likeness (QED) is 0.624. The van der Waals surface area contributed by atoms with Crippen molar-refractivity contribution in [3.05, 3.63) is 36.0 Å². The van der Waals surface area contributed by atoms with Crippen LogP contribution in [0.2, 0.25) is 0 Å². The predicted octanol–water partition coefficient (Wildman–Crippen LogP) is 1.84. The number of carbonyl (C=O) groups excluding carboxylic acids is 1. The van der Waals surface area contributed by atoms with E-state index in [4.69, 9.17) is 12.2 Å². The molecule has 3 heteroatoms. The highest BCUT2D eigenvalue weighted by Gasteiger charge is 2.28. The first-order valence-electron chi connectivity index (χ1n) is 3.95. The summed E-state index contributed by atoms with van der Waals surface area (Å²) >= 11 is 5.07. The maximum atomic E-state index is 11.6. The van der Waals surface area contributed by atoms with Crippen LogP contribution < -0.4 is 0 Å². The van der Waals surface area contributed by atoms with Crippen molar-refractivity contribution in [1.29, 1.82) is 0 Å². The van der Waals surface area contributed by atoms with E-state index in [0.29, 0.717) is 10.6 Å². The molecule has 68 valence electrons. The summed E-state index contributed by atoms with van der Waals surface area (Å²) in [6, 6.07) is 0. The molecule has 1 rings (SSSR count). The van der Waals surface area contributed by atoms with Gasteiger partial charge in [-0.3, -0.25) is 4.79 Å². The molecule has 1 heterocycles. The molecule has 13 heavy (non-hydrogen) atoms. The van der Waals surface area contributed by atoms with E-state index < -0.39 is 0 Å². The van der Waals surface area contributed by atoms with Crippen molar-refractivity contribution in [2.24, 2.45) is 0 Å². The van der Waals surface area contributed by atoms with E-state index in [-0.39, 0.29) is 5.91 Å². The molecule has 2 nitrogen and oxygen atoms in total. The minimum Gasteiger partial charge on any atom is -0.302 e. The minimum absolute atomic E-state index is 0.0574. The lowest BCUT2D eigenvalue weighted by atomic mass is 10.1. The number of allylic oxidation sites excluding steroid dienone is 1. The number of hydrogen-bond acceptors (Lipinski definition) is 2. The maximum Gasteiger partial charge on any atom is 0.259 e. The Morgan fingerprint density at radius 1 is 1.46 bits per heavy atom. The van der Waals surface area contributed by atoms with Gasteiger partial charge in [0.25, 0.3) is 5.91 Å². The van der Waals surface area contributed by atoms with E-state index in [2.05, 4.69) is 6.58 Å². The van der Waals surface area contributed by atoms with Crippen LogP contribution in [-0.4, -0.2) is 22.8 Å². The normalized spacial score (nSPS) is 17.8. The third-order valence-electron chi connectivity index (χ3n) is 1.90. The third-order valence-corrected chi connectivity index (χ3v) is 2.39. The number of hydrogen-bond donors (Lipinski definition) is 0. The number of amides is 1. The third kappa shape index (κ3) is 1.47. The Balaban J connectivity index is 3.24. The lowest BCUT2D eigenvalue weighted by Crippen LogP contribution is -2.25. The van der Waals surface area contributed by atoms with Crippen LogP contribution in [0.25, 0.3) is 0 Å². The fourth-order valence-electron chi connectivity index (χ4n) is 1.21. The lowest BCUT2D eigenvalue weighted by molar-refractivity contribution is -0.121. The molecule has 0 radical (unpaired) electrons. The highest BCUT2D eigenvalue weighted by Crippen LogP contribution is 2.22. The molecule has 0 fully saturated rings. The molecule has 0 unspecified atom stereocenters. The summed E-state index contributed by atoms with van der Waals surface area (Å²) in [5.41, 5.74) is 1.38. The number of thiocarbonyl (C=S) groups is 1. The van der Waals surface area contributed by atoms with Gasteiger partial charge >= 0.3 is 0 Å². The number of rotatable bonds is 2. The maximum absolute atomic E-state index is 11.6. The van der Waals surface area contributed by atoms with Crippen LogP contribution in [0, 0.1) is 0 Å². The van der Waals surface area contributed by atoms with Gasteiger partial charge in [0.2, 0.25) is 0 Å². The van der Waals surface area contributed by atoms with E-state index in [1.165, 1.54) is 4.90 Å². The van der Waals surface area contributed by atoms with Crippen LogP contribution >= 0.6 is 12.2 Å². The van der Waals surface area contributed by atoms with Crippen molar-refractivity contribution in [3.8, 4) is 0 Å². The van der Waals surface area contributed by atoms with E-state index >= 15 is 0 Å². The molecule has 0 aromatic heterocycles. The van der Waals surface area contributed by atoms with Crippen LogP contribution in [-0.2, 0) is 4.79 Å². The second-order valence-corrected chi connectivity index (χ2v) is 3.09. The predicted molar refractivity (Wildman–Crippen MR) is 57.4 cm³/mol. The fraction of sp³-hybridized carbons (Fsp3) is 0.200. The van der Waals surface area contributed by atoms with Crippen LogP contribution in [0.15, 0.2) is 36.0 Å². The van der Waals surface area contributed by atoms with Crippen molar-refractivity contribution in [2.45, 2.75) is 6.92 Å². The van der Waals surface area contributed by atoms with Crippen LogP contribution in [0.3, 0.4) is 0 Å². The van der Waals surface area contributed by atoms with Crippen molar-refractivity contribution >= 4 is 23.1 Å². The zero-order valence-electron chi connectivity index (χ0n) is 7.70. The summed E-state index contributed by atoms with van der Waals surface area (Å²) < 4.78 is 0. The molecule has 0 bridgehead atoms. The van der Waals surface area contributed by atoms with E-state index in [1.807, 2.05) is 13.0 Å². The van der Waals surface area contributed by atoms with Crippen LogP contribution in [0.1, 0.15) is 6.92 Å². The van der Waals surface area contributed by atoms with E-state index in [9.17, 15) is 4.79 Å². The minimum atomic E-state index is -0.0574. The van der Waals surface area contributed by atoms with Gasteiger partial charge in [-0.05, 0) is 6.92 Å². The summed E-state index contributed by atoms with van der Waals surface area (Å²) in [4.78, 5) is 13.6. The van der Waals surface area contributed by atoms with Gasteiger partial charge in [0, 0.05) is 18.2 Å². The zero-order valence-corrected chi connectivity index (χ0v) is 8.52. The Hall–Kier alpha value is -1.22. The summed E-state index contributed by atoms with van der Waals surface area (Å²) in [5.74, 6) is -0.0574. The van der Waals surface area contributed by atoms with Gasteiger partial charge < -0.3 is 4.90 Å². The lowest BCUT2D eigenvalue weighted by Gasteiger charge is -2.07. The molecule has 1 amide bonds. The first-order valence-corrected chi connectivity index (χ1v) is 4.36. The number of carbonyl (C=O) groups is 1. The number of nitrogens with zero attached hydrogens (tertiary/aromatic N) is 1. The van der Waals surface area contributed by atoms with Crippen molar-refractivity contribution in [2.75, 3.05) is 7.05 Å². The van der Waals surface area contributed by atoms with Gasteiger partial charge in [-0.15, -0.1) is 0 Å². The molecule has 0 aromatic rings. The summed E-state index contributed by atoms with van der Waals surface area (Å²) in [6.45, 7) is 5.50. The topological polar surface area (TPSA) is 20.3 Å². The van der Waals surface area contributed by atoms with Crippen LogP contribution in [0.4, 0.5) is 0 Å². The second kappa shape index (κ2) is 3.66. The van der Waals surface area contributed by atoms with Crippen molar-refractivity contribution in [3.63, 3.8) is 0 Å².